The van der Waals surface area contributed by atoms with E-state index in [4.69, 9.17) is 10.5 Å². The second kappa shape index (κ2) is 4.59. The van der Waals surface area contributed by atoms with E-state index in [2.05, 4.69) is 0 Å². The van der Waals surface area contributed by atoms with E-state index in [9.17, 15) is 18.4 Å². The number of halogens is 2. The van der Waals surface area contributed by atoms with Crippen molar-refractivity contribution in [2.45, 2.75) is 12.5 Å². The molecule has 1 aliphatic heterocycles. The van der Waals surface area contributed by atoms with Crippen LogP contribution in [0.4, 0.5) is 19.3 Å². The van der Waals surface area contributed by atoms with Crippen molar-refractivity contribution < 1.29 is 23.1 Å². The van der Waals surface area contributed by atoms with Crippen LogP contribution in [0.2, 0.25) is 0 Å². The number of nitrogens with zero attached hydrogens (tertiary/aromatic N) is 1. The molecular formula is C11H10F2N2O3. The quantitative estimate of drug-likeness (QED) is 0.863. The standard InChI is InChI=1S/C11H10F2N2O3/c12-6-3-7(13)5-8(4-6)15-9(10(14)16)1-2-18-11(15)17/h3-5,9H,1-2H2,(H2,14,16). The molecular weight excluding hydrogens is 246 g/mol. The summed E-state index contributed by atoms with van der Waals surface area (Å²) in [6, 6.07) is 1.57. The Kier molecular flexibility index (Phi) is 3.14. The number of hydrogen-bond donors (Lipinski definition) is 1. The molecule has 0 bridgehead atoms. The minimum atomic E-state index is -0.965. The number of primary amides is 1. The number of benzene rings is 1. The van der Waals surface area contributed by atoms with Crippen molar-refractivity contribution in [1.82, 2.24) is 0 Å². The lowest BCUT2D eigenvalue weighted by Gasteiger charge is -2.32. The molecule has 2 rings (SSSR count). The predicted octanol–water partition coefficient (Wildman–Crippen LogP) is 1.17. The van der Waals surface area contributed by atoms with Gasteiger partial charge in [-0.05, 0) is 12.1 Å². The SMILES string of the molecule is NC(=O)C1CCOC(=O)N1c1cc(F)cc(F)c1. The van der Waals surface area contributed by atoms with Gasteiger partial charge in [0.2, 0.25) is 5.91 Å². The number of cyclic esters (lactones) is 1. The lowest BCUT2D eigenvalue weighted by molar-refractivity contribution is -0.120. The first kappa shape index (κ1) is 12.3. The number of nitrogens with two attached hydrogens (primary N) is 1. The monoisotopic (exact) mass is 256 g/mol. The van der Waals surface area contributed by atoms with E-state index >= 15 is 0 Å². The molecule has 0 spiro atoms. The molecule has 5 nitrogen and oxygen atoms in total. The molecule has 7 heteroatoms. The Hall–Kier alpha value is -2.18. The molecule has 96 valence electrons. The smallest absolute Gasteiger partial charge is 0.415 e. The van der Waals surface area contributed by atoms with Crippen LogP contribution in [0.25, 0.3) is 0 Å². The van der Waals surface area contributed by atoms with Crippen molar-refractivity contribution in [1.29, 1.82) is 0 Å². The van der Waals surface area contributed by atoms with E-state index in [1.54, 1.807) is 0 Å². The van der Waals surface area contributed by atoms with Crippen LogP contribution in [0.1, 0.15) is 6.42 Å². The summed E-state index contributed by atoms with van der Waals surface area (Å²) in [5.74, 6) is -2.46. The van der Waals surface area contributed by atoms with Crippen LogP contribution in [-0.2, 0) is 9.53 Å². The fourth-order valence-electron chi connectivity index (χ4n) is 1.82. The first-order valence-electron chi connectivity index (χ1n) is 5.20. The van der Waals surface area contributed by atoms with Gasteiger partial charge < -0.3 is 10.5 Å². The van der Waals surface area contributed by atoms with Gasteiger partial charge in [-0.3, -0.25) is 9.69 Å². The molecule has 1 fully saturated rings. The minimum absolute atomic E-state index is 0.0424. The highest BCUT2D eigenvalue weighted by Gasteiger charge is 2.35. The molecule has 18 heavy (non-hydrogen) atoms. The molecule has 1 aliphatic rings. The van der Waals surface area contributed by atoms with Gasteiger partial charge in [-0.1, -0.05) is 0 Å². The highest BCUT2D eigenvalue weighted by molar-refractivity contribution is 5.97. The van der Waals surface area contributed by atoms with Crippen LogP contribution < -0.4 is 10.6 Å². The molecule has 2 N–H and O–H groups in total. The molecule has 1 unspecified atom stereocenters. The van der Waals surface area contributed by atoms with Crippen molar-refractivity contribution in [2.24, 2.45) is 5.73 Å². The Balaban J connectivity index is 2.43. The third-order valence-corrected chi connectivity index (χ3v) is 2.58. The Labute approximate surface area is 101 Å². The van der Waals surface area contributed by atoms with E-state index in [1.807, 2.05) is 0 Å². The summed E-state index contributed by atoms with van der Waals surface area (Å²) in [5, 5.41) is 0. The third-order valence-electron chi connectivity index (χ3n) is 2.58. The minimum Gasteiger partial charge on any atom is -0.449 e. The lowest BCUT2D eigenvalue weighted by atomic mass is 10.1. The van der Waals surface area contributed by atoms with Gasteiger partial charge in [-0.25, -0.2) is 13.6 Å². The average Bonchev–Trinajstić information content (AvgIpc) is 2.26. The van der Waals surface area contributed by atoms with Crippen LogP contribution in [0, 0.1) is 11.6 Å². The Morgan fingerprint density at radius 2 is 1.94 bits per heavy atom. The van der Waals surface area contributed by atoms with Gasteiger partial charge in [-0.2, -0.15) is 0 Å². The van der Waals surface area contributed by atoms with Gasteiger partial charge in [0.15, 0.2) is 0 Å². The summed E-state index contributed by atoms with van der Waals surface area (Å²) < 4.78 is 30.9. The summed E-state index contributed by atoms with van der Waals surface area (Å²) in [6.07, 6.45) is -0.672. The zero-order valence-electron chi connectivity index (χ0n) is 9.23. The molecule has 1 atom stereocenters. The van der Waals surface area contributed by atoms with Crippen LogP contribution in [0.5, 0.6) is 0 Å². The normalized spacial score (nSPS) is 19.6. The van der Waals surface area contributed by atoms with E-state index in [-0.39, 0.29) is 18.7 Å². The number of carbonyl (C=O) groups is 2. The van der Waals surface area contributed by atoms with Gasteiger partial charge in [0.05, 0.1) is 12.3 Å². The first-order valence-corrected chi connectivity index (χ1v) is 5.20. The van der Waals surface area contributed by atoms with Gasteiger partial charge in [0.25, 0.3) is 0 Å². The highest BCUT2D eigenvalue weighted by Crippen LogP contribution is 2.25. The number of ether oxygens (including phenoxy) is 1. The summed E-state index contributed by atoms with van der Waals surface area (Å²) >= 11 is 0. The molecule has 1 aromatic carbocycles. The number of anilines is 1. The Morgan fingerprint density at radius 3 is 2.50 bits per heavy atom. The first-order chi connectivity index (χ1) is 8.49. The number of hydrogen-bond acceptors (Lipinski definition) is 3. The summed E-state index contributed by atoms with van der Waals surface area (Å²) in [7, 11) is 0. The Morgan fingerprint density at radius 1 is 1.33 bits per heavy atom. The summed E-state index contributed by atoms with van der Waals surface area (Å²) in [4.78, 5) is 23.7. The third kappa shape index (κ3) is 2.24. The second-order valence-electron chi connectivity index (χ2n) is 3.82. The maximum atomic E-state index is 13.1. The van der Waals surface area contributed by atoms with Crippen LogP contribution in [-0.4, -0.2) is 24.6 Å². The fourth-order valence-corrected chi connectivity index (χ4v) is 1.82. The second-order valence-corrected chi connectivity index (χ2v) is 3.82. The van der Waals surface area contributed by atoms with Crippen LogP contribution in [0.3, 0.4) is 0 Å². The van der Waals surface area contributed by atoms with Gasteiger partial charge in [-0.15, -0.1) is 0 Å². The molecule has 0 aliphatic carbocycles. The summed E-state index contributed by atoms with van der Waals surface area (Å²) in [5.41, 5.74) is 5.06. The Bertz CT molecular complexity index is 487. The molecule has 2 amide bonds. The van der Waals surface area contributed by atoms with Crippen molar-refractivity contribution in [3.05, 3.63) is 29.8 Å². The summed E-state index contributed by atoms with van der Waals surface area (Å²) in [6.45, 7) is 0.0424. The van der Waals surface area contributed by atoms with Gasteiger partial charge in [0.1, 0.15) is 17.7 Å². The van der Waals surface area contributed by atoms with Gasteiger partial charge in [0, 0.05) is 12.5 Å². The maximum absolute atomic E-state index is 13.1. The van der Waals surface area contributed by atoms with E-state index < -0.39 is 29.7 Å². The molecule has 1 aromatic rings. The van der Waals surface area contributed by atoms with Crippen molar-refractivity contribution in [3.63, 3.8) is 0 Å². The van der Waals surface area contributed by atoms with Gasteiger partial charge >= 0.3 is 6.09 Å². The molecule has 1 heterocycles. The lowest BCUT2D eigenvalue weighted by Crippen LogP contribution is -2.52. The van der Waals surface area contributed by atoms with Crippen molar-refractivity contribution in [2.75, 3.05) is 11.5 Å². The largest absolute Gasteiger partial charge is 0.449 e. The number of amides is 2. The van der Waals surface area contributed by atoms with E-state index in [0.717, 1.165) is 17.0 Å². The molecule has 1 saturated heterocycles. The average molecular weight is 256 g/mol. The highest BCUT2D eigenvalue weighted by atomic mass is 19.1. The van der Waals surface area contributed by atoms with Crippen LogP contribution >= 0.6 is 0 Å². The van der Waals surface area contributed by atoms with Crippen molar-refractivity contribution in [3.8, 4) is 0 Å². The molecule has 0 saturated carbocycles. The number of carbonyl (C=O) groups excluding carboxylic acids is 2. The molecule has 0 aromatic heterocycles. The van der Waals surface area contributed by atoms with Crippen LogP contribution in [0.15, 0.2) is 18.2 Å². The topological polar surface area (TPSA) is 72.6 Å². The molecule has 0 radical (unpaired) electrons. The van der Waals surface area contributed by atoms with E-state index in [0.29, 0.717) is 6.07 Å². The van der Waals surface area contributed by atoms with E-state index in [1.165, 1.54) is 0 Å². The maximum Gasteiger partial charge on any atom is 0.415 e. The number of rotatable bonds is 2. The predicted molar refractivity (Wildman–Crippen MR) is 57.8 cm³/mol. The van der Waals surface area contributed by atoms with Crippen molar-refractivity contribution >= 4 is 17.7 Å². The zero-order chi connectivity index (χ0) is 13.3. The zero-order valence-corrected chi connectivity index (χ0v) is 9.23. The fraction of sp³-hybridized carbons (Fsp3) is 0.273.